The van der Waals surface area contributed by atoms with Gasteiger partial charge in [-0.15, -0.1) is 24.0 Å². The van der Waals surface area contributed by atoms with Crippen molar-refractivity contribution in [3.8, 4) is 0 Å². The number of hydrogen-bond acceptors (Lipinski definition) is 3. The molecule has 2 rings (SSSR count). The maximum absolute atomic E-state index is 11.5. The van der Waals surface area contributed by atoms with E-state index in [0.29, 0.717) is 12.3 Å². The molecule has 0 saturated carbocycles. The minimum absolute atomic E-state index is 0. The molecule has 0 aliphatic carbocycles. The third-order valence-electron chi connectivity index (χ3n) is 5.24. The van der Waals surface area contributed by atoms with Crippen molar-refractivity contribution in [1.82, 2.24) is 20.4 Å². The molecule has 1 atom stereocenters. The van der Waals surface area contributed by atoms with Gasteiger partial charge in [-0.25, -0.2) is 0 Å². The van der Waals surface area contributed by atoms with Crippen LogP contribution in [0.1, 0.15) is 32.6 Å². The van der Waals surface area contributed by atoms with E-state index in [2.05, 4.69) is 32.3 Å². The van der Waals surface area contributed by atoms with E-state index in [1.54, 1.807) is 7.05 Å². The summed E-state index contributed by atoms with van der Waals surface area (Å²) in [7, 11) is 3.58. The monoisotopic (exact) mass is 451 g/mol. The van der Waals surface area contributed by atoms with Gasteiger partial charge in [-0.05, 0) is 44.2 Å². The molecular formula is C17H34IN5O. The average molecular weight is 451 g/mol. The number of likely N-dealkylation sites (tertiary alicyclic amines) is 2. The number of carbonyl (C=O) groups is 1. The second-order valence-corrected chi connectivity index (χ2v) is 6.78. The molecule has 0 radical (unpaired) electrons. The highest BCUT2D eigenvalue weighted by atomic mass is 127. The fraction of sp³-hybridized carbons (Fsp3) is 0.882. The van der Waals surface area contributed by atoms with Crippen LogP contribution in [0.25, 0.3) is 0 Å². The quantitative estimate of drug-likeness (QED) is 0.377. The Morgan fingerprint density at radius 3 is 2.38 bits per heavy atom. The Hall–Kier alpha value is -0.570. The summed E-state index contributed by atoms with van der Waals surface area (Å²) >= 11 is 0. The molecule has 2 fully saturated rings. The number of nitrogens with one attached hydrogen (secondary N) is 2. The standard InChI is InChI=1S/C17H33N5O.HI/c1-4-21-8-5-15(13-21)12-20-17(19-3)22-9-6-14(7-10-22)11-16(23)18-2;/h14-15H,4-13H2,1-3H3,(H,18,23)(H,19,20);1H. The molecule has 2 aliphatic heterocycles. The van der Waals surface area contributed by atoms with Crippen molar-refractivity contribution < 1.29 is 4.79 Å². The molecule has 2 aliphatic rings. The fourth-order valence-corrected chi connectivity index (χ4v) is 3.65. The second kappa shape index (κ2) is 11.1. The predicted octanol–water partition coefficient (Wildman–Crippen LogP) is 1.37. The van der Waals surface area contributed by atoms with E-state index in [1.807, 2.05) is 7.05 Å². The summed E-state index contributed by atoms with van der Waals surface area (Å²) in [6, 6.07) is 0. The summed E-state index contributed by atoms with van der Waals surface area (Å²) in [6.45, 7) is 8.82. The lowest BCUT2D eigenvalue weighted by atomic mass is 9.93. The van der Waals surface area contributed by atoms with Crippen LogP contribution in [0.2, 0.25) is 0 Å². The lowest BCUT2D eigenvalue weighted by Gasteiger charge is -2.34. The van der Waals surface area contributed by atoms with Crippen LogP contribution in [-0.2, 0) is 4.79 Å². The zero-order chi connectivity index (χ0) is 16.7. The summed E-state index contributed by atoms with van der Waals surface area (Å²) in [4.78, 5) is 20.8. The molecular weight excluding hydrogens is 417 g/mol. The van der Waals surface area contributed by atoms with Crippen LogP contribution < -0.4 is 10.6 Å². The van der Waals surface area contributed by atoms with Gasteiger partial charge >= 0.3 is 0 Å². The van der Waals surface area contributed by atoms with Crippen LogP contribution in [-0.4, -0.2) is 75.0 Å². The minimum atomic E-state index is 0. The Morgan fingerprint density at radius 1 is 1.17 bits per heavy atom. The molecule has 0 aromatic rings. The first-order chi connectivity index (χ1) is 11.2. The number of guanidine groups is 1. The van der Waals surface area contributed by atoms with Crippen LogP contribution in [0.4, 0.5) is 0 Å². The maximum atomic E-state index is 11.5. The summed E-state index contributed by atoms with van der Waals surface area (Å²) in [5, 5.41) is 6.29. The Bertz CT molecular complexity index is 410. The van der Waals surface area contributed by atoms with Gasteiger partial charge in [0.1, 0.15) is 0 Å². The Balaban J connectivity index is 0.00000288. The van der Waals surface area contributed by atoms with Crippen LogP contribution in [0.15, 0.2) is 4.99 Å². The number of nitrogens with zero attached hydrogens (tertiary/aromatic N) is 3. The van der Waals surface area contributed by atoms with Gasteiger partial charge in [0, 0.05) is 46.7 Å². The molecule has 24 heavy (non-hydrogen) atoms. The summed E-state index contributed by atoms with van der Waals surface area (Å²) < 4.78 is 0. The van der Waals surface area contributed by atoms with E-state index in [9.17, 15) is 4.79 Å². The van der Waals surface area contributed by atoms with Crippen molar-refractivity contribution in [2.75, 3.05) is 53.4 Å². The van der Waals surface area contributed by atoms with Gasteiger partial charge in [0.25, 0.3) is 0 Å². The van der Waals surface area contributed by atoms with Crippen molar-refractivity contribution in [3.63, 3.8) is 0 Å². The first kappa shape index (κ1) is 21.5. The predicted molar refractivity (Wildman–Crippen MR) is 110 cm³/mol. The average Bonchev–Trinajstić information content (AvgIpc) is 3.04. The number of aliphatic imine (C=N–C) groups is 1. The van der Waals surface area contributed by atoms with Crippen LogP contribution in [0.3, 0.4) is 0 Å². The molecule has 0 spiro atoms. The summed E-state index contributed by atoms with van der Waals surface area (Å²) in [6.07, 6.45) is 4.08. The van der Waals surface area contributed by atoms with E-state index in [4.69, 9.17) is 0 Å². The van der Waals surface area contributed by atoms with Gasteiger partial charge < -0.3 is 20.4 Å². The van der Waals surface area contributed by atoms with Crippen molar-refractivity contribution >= 4 is 35.8 Å². The van der Waals surface area contributed by atoms with Crippen LogP contribution in [0, 0.1) is 11.8 Å². The molecule has 0 aromatic carbocycles. The smallest absolute Gasteiger partial charge is 0.220 e. The summed E-state index contributed by atoms with van der Waals surface area (Å²) in [5.74, 6) is 2.43. The highest BCUT2D eigenvalue weighted by Gasteiger charge is 2.25. The first-order valence-electron chi connectivity index (χ1n) is 9.04. The molecule has 2 saturated heterocycles. The Kier molecular flexibility index (Phi) is 9.95. The Morgan fingerprint density at radius 2 is 1.83 bits per heavy atom. The topological polar surface area (TPSA) is 60.0 Å². The van der Waals surface area contributed by atoms with Gasteiger partial charge in [-0.1, -0.05) is 6.92 Å². The highest BCUT2D eigenvalue weighted by molar-refractivity contribution is 14.0. The number of carbonyl (C=O) groups excluding carboxylic acids is 1. The van der Waals surface area contributed by atoms with Gasteiger partial charge in [-0.3, -0.25) is 9.79 Å². The number of amides is 1. The number of rotatable bonds is 5. The van der Waals surface area contributed by atoms with E-state index in [0.717, 1.165) is 50.9 Å². The van der Waals surface area contributed by atoms with Gasteiger partial charge in [-0.2, -0.15) is 0 Å². The van der Waals surface area contributed by atoms with Gasteiger partial charge in [0.15, 0.2) is 5.96 Å². The summed E-state index contributed by atoms with van der Waals surface area (Å²) in [5.41, 5.74) is 0. The molecule has 1 unspecified atom stereocenters. The Labute approximate surface area is 163 Å². The molecule has 2 N–H and O–H groups in total. The number of hydrogen-bond donors (Lipinski definition) is 2. The number of piperidine rings is 1. The van der Waals surface area contributed by atoms with Crippen LogP contribution >= 0.6 is 24.0 Å². The fourth-order valence-electron chi connectivity index (χ4n) is 3.65. The molecule has 1 amide bonds. The second-order valence-electron chi connectivity index (χ2n) is 6.78. The zero-order valence-corrected chi connectivity index (χ0v) is 17.7. The molecule has 0 bridgehead atoms. The van der Waals surface area contributed by atoms with Crippen molar-refractivity contribution in [2.24, 2.45) is 16.8 Å². The van der Waals surface area contributed by atoms with Crippen molar-refractivity contribution in [2.45, 2.75) is 32.6 Å². The molecule has 6 nitrogen and oxygen atoms in total. The minimum Gasteiger partial charge on any atom is -0.359 e. The van der Waals surface area contributed by atoms with E-state index >= 15 is 0 Å². The molecule has 2 heterocycles. The van der Waals surface area contributed by atoms with Gasteiger partial charge in [0.05, 0.1) is 0 Å². The van der Waals surface area contributed by atoms with E-state index in [1.165, 1.54) is 19.5 Å². The largest absolute Gasteiger partial charge is 0.359 e. The number of halogens is 1. The maximum Gasteiger partial charge on any atom is 0.220 e. The SMILES string of the molecule is CCN1CCC(CNC(=NC)N2CCC(CC(=O)NC)CC2)C1.I. The third kappa shape index (κ3) is 6.38. The third-order valence-corrected chi connectivity index (χ3v) is 5.24. The van der Waals surface area contributed by atoms with Crippen molar-refractivity contribution in [3.05, 3.63) is 0 Å². The lowest BCUT2D eigenvalue weighted by molar-refractivity contribution is -0.121. The lowest BCUT2D eigenvalue weighted by Crippen LogP contribution is -2.47. The van der Waals surface area contributed by atoms with E-state index in [-0.39, 0.29) is 29.9 Å². The zero-order valence-electron chi connectivity index (χ0n) is 15.4. The van der Waals surface area contributed by atoms with E-state index < -0.39 is 0 Å². The molecule has 7 heteroatoms. The van der Waals surface area contributed by atoms with Gasteiger partial charge in [0.2, 0.25) is 5.91 Å². The highest BCUT2D eigenvalue weighted by Crippen LogP contribution is 2.20. The van der Waals surface area contributed by atoms with Crippen molar-refractivity contribution in [1.29, 1.82) is 0 Å². The normalized spacial score (nSPS) is 23.0. The molecule has 140 valence electrons. The first-order valence-corrected chi connectivity index (χ1v) is 9.04. The van der Waals surface area contributed by atoms with Crippen LogP contribution in [0.5, 0.6) is 0 Å². The molecule has 0 aromatic heterocycles.